The summed E-state index contributed by atoms with van der Waals surface area (Å²) in [6.07, 6.45) is 2.64. The van der Waals surface area contributed by atoms with Gasteiger partial charge in [0.25, 0.3) is 0 Å². The van der Waals surface area contributed by atoms with Crippen molar-refractivity contribution >= 4 is 11.9 Å². The molecule has 0 saturated carbocycles. The van der Waals surface area contributed by atoms with Crippen LogP contribution in [0, 0.1) is 17.2 Å². The molecule has 0 radical (unpaired) electrons. The lowest BCUT2D eigenvalue weighted by molar-refractivity contribution is 0.0505. The lowest BCUT2D eigenvalue weighted by Crippen LogP contribution is -2.48. The standard InChI is InChI=1S/C31H28N2O4/c1-36-29-13-10-19(17-32)14-27(29)30(34)20-15-21-11-12-22(16-20)33(21)31(35)37-18-28-25-8-4-2-6-23(25)24-7-3-5-9-26(24)28/h2-10,13-14,20-22,28H,11-12,15-16,18H2,1H3. The van der Waals surface area contributed by atoms with Gasteiger partial charge >= 0.3 is 6.09 Å². The number of hydrogen-bond donors (Lipinski definition) is 0. The molecule has 3 aromatic carbocycles. The molecule has 6 nitrogen and oxygen atoms in total. The highest BCUT2D eigenvalue weighted by Gasteiger charge is 2.46. The van der Waals surface area contributed by atoms with Crippen LogP contribution in [-0.4, -0.2) is 42.6 Å². The second kappa shape index (κ2) is 9.40. The summed E-state index contributed by atoms with van der Waals surface area (Å²) < 4.78 is 11.4. The highest BCUT2D eigenvalue weighted by atomic mass is 16.6. The van der Waals surface area contributed by atoms with Crippen molar-refractivity contribution in [3.8, 4) is 22.9 Å². The molecule has 0 spiro atoms. The Balaban J connectivity index is 1.16. The summed E-state index contributed by atoms with van der Waals surface area (Å²) in [5.41, 5.74) is 5.67. The molecular formula is C31H28N2O4. The molecule has 2 saturated heterocycles. The van der Waals surface area contributed by atoms with Crippen LogP contribution < -0.4 is 4.74 Å². The molecule has 2 atom stereocenters. The number of fused-ring (bicyclic) bond motifs is 5. The van der Waals surface area contributed by atoms with Crippen molar-refractivity contribution in [2.24, 2.45) is 5.92 Å². The molecular weight excluding hydrogens is 464 g/mol. The molecule has 6 heteroatoms. The molecule has 1 amide bonds. The van der Waals surface area contributed by atoms with Gasteiger partial charge in [0.2, 0.25) is 0 Å². The predicted molar refractivity (Wildman–Crippen MR) is 138 cm³/mol. The zero-order valence-electron chi connectivity index (χ0n) is 20.7. The lowest BCUT2D eigenvalue weighted by atomic mass is 9.84. The van der Waals surface area contributed by atoms with Gasteiger partial charge in [-0.05, 0) is 66.1 Å². The number of hydrogen-bond acceptors (Lipinski definition) is 5. The Morgan fingerprint density at radius 1 is 0.946 bits per heavy atom. The van der Waals surface area contributed by atoms with Gasteiger partial charge in [0.1, 0.15) is 12.4 Å². The van der Waals surface area contributed by atoms with Gasteiger partial charge in [0, 0.05) is 23.9 Å². The van der Waals surface area contributed by atoms with E-state index in [-0.39, 0.29) is 35.8 Å². The minimum atomic E-state index is -0.288. The fourth-order valence-electron chi connectivity index (χ4n) is 6.55. The Morgan fingerprint density at radius 2 is 1.57 bits per heavy atom. The number of piperidine rings is 1. The maximum atomic E-state index is 13.5. The first-order valence-electron chi connectivity index (χ1n) is 12.8. The fraction of sp³-hybridized carbons (Fsp3) is 0.323. The van der Waals surface area contributed by atoms with E-state index in [9.17, 15) is 14.9 Å². The van der Waals surface area contributed by atoms with Crippen LogP contribution in [0.3, 0.4) is 0 Å². The van der Waals surface area contributed by atoms with Crippen LogP contribution in [0.25, 0.3) is 11.1 Å². The molecule has 2 aliphatic heterocycles. The first kappa shape index (κ1) is 23.3. The van der Waals surface area contributed by atoms with Crippen LogP contribution in [0.5, 0.6) is 5.75 Å². The monoisotopic (exact) mass is 492 g/mol. The highest BCUT2D eigenvalue weighted by molar-refractivity contribution is 6.01. The van der Waals surface area contributed by atoms with Crippen molar-refractivity contribution in [1.29, 1.82) is 5.26 Å². The van der Waals surface area contributed by atoms with Gasteiger partial charge in [-0.1, -0.05) is 48.5 Å². The van der Waals surface area contributed by atoms with Crippen LogP contribution in [0.4, 0.5) is 4.79 Å². The third-order valence-electron chi connectivity index (χ3n) is 8.24. The van der Waals surface area contributed by atoms with Crippen LogP contribution in [0.15, 0.2) is 66.7 Å². The summed E-state index contributed by atoms with van der Waals surface area (Å²) in [6.45, 7) is 0.295. The van der Waals surface area contributed by atoms with Crippen molar-refractivity contribution < 1.29 is 19.1 Å². The number of rotatable bonds is 5. The van der Waals surface area contributed by atoms with E-state index in [1.165, 1.54) is 29.4 Å². The number of methoxy groups -OCH3 is 1. The van der Waals surface area contributed by atoms with Gasteiger partial charge in [-0.2, -0.15) is 5.26 Å². The van der Waals surface area contributed by atoms with Crippen LogP contribution >= 0.6 is 0 Å². The van der Waals surface area contributed by atoms with Gasteiger partial charge in [0.05, 0.1) is 24.3 Å². The Hall–Kier alpha value is -4.11. The summed E-state index contributed by atoms with van der Waals surface area (Å²) in [4.78, 5) is 28.7. The van der Waals surface area contributed by atoms with Gasteiger partial charge in [-0.25, -0.2) is 4.79 Å². The topological polar surface area (TPSA) is 79.6 Å². The molecule has 3 aromatic rings. The van der Waals surface area contributed by atoms with E-state index in [1.54, 1.807) is 18.2 Å². The van der Waals surface area contributed by atoms with Crippen molar-refractivity contribution in [2.75, 3.05) is 13.7 Å². The molecule has 2 bridgehead atoms. The predicted octanol–water partition coefficient (Wildman–Crippen LogP) is 5.94. The maximum Gasteiger partial charge on any atom is 0.410 e. The highest BCUT2D eigenvalue weighted by Crippen LogP contribution is 2.45. The first-order valence-corrected chi connectivity index (χ1v) is 12.8. The van der Waals surface area contributed by atoms with E-state index in [0.717, 1.165) is 12.8 Å². The quantitative estimate of drug-likeness (QED) is 0.412. The summed E-state index contributed by atoms with van der Waals surface area (Å²) in [5, 5.41) is 9.29. The van der Waals surface area contributed by atoms with E-state index in [1.807, 2.05) is 29.2 Å². The Bertz CT molecular complexity index is 1370. The number of Topliss-reactive ketones (excluding diaryl/α,β-unsaturated/α-hetero) is 1. The number of ether oxygens (including phenoxy) is 2. The summed E-state index contributed by atoms with van der Waals surface area (Å²) >= 11 is 0. The molecule has 2 unspecified atom stereocenters. The second-order valence-electron chi connectivity index (χ2n) is 10.2. The van der Waals surface area contributed by atoms with Crippen LogP contribution in [0.1, 0.15) is 58.6 Å². The van der Waals surface area contributed by atoms with Gasteiger partial charge in [0.15, 0.2) is 5.78 Å². The van der Waals surface area contributed by atoms with Crippen molar-refractivity contribution in [3.05, 3.63) is 89.0 Å². The molecule has 1 aliphatic carbocycles. The molecule has 0 aromatic heterocycles. The Morgan fingerprint density at radius 3 is 2.16 bits per heavy atom. The molecule has 3 aliphatic rings. The number of amides is 1. The number of carbonyl (C=O) groups excluding carboxylic acids is 2. The molecule has 2 heterocycles. The summed E-state index contributed by atoms with van der Waals surface area (Å²) in [7, 11) is 1.53. The van der Waals surface area contributed by atoms with E-state index in [4.69, 9.17) is 9.47 Å². The third kappa shape index (κ3) is 3.95. The van der Waals surface area contributed by atoms with Gasteiger partial charge in [-0.3, -0.25) is 4.79 Å². The normalized spacial score (nSPS) is 21.6. The molecule has 6 rings (SSSR count). The van der Waals surface area contributed by atoms with Crippen molar-refractivity contribution in [1.82, 2.24) is 4.90 Å². The maximum absolute atomic E-state index is 13.5. The van der Waals surface area contributed by atoms with E-state index in [0.29, 0.717) is 36.3 Å². The Kier molecular flexibility index (Phi) is 5.92. The number of nitrogens with zero attached hydrogens (tertiary/aromatic N) is 2. The molecule has 37 heavy (non-hydrogen) atoms. The Labute approximate surface area is 216 Å². The third-order valence-corrected chi connectivity index (χ3v) is 8.24. The second-order valence-corrected chi connectivity index (χ2v) is 10.2. The van der Waals surface area contributed by atoms with E-state index < -0.39 is 0 Å². The van der Waals surface area contributed by atoms with Gasteiger partial charge in [-0.15, -0.1) is 0 Å². The minimum absolute atomic E-state index is 0.0157. The molecule has 0 N–H and O–H groups in total. The van der Waals surface area contributed by atoms with Crippen LogP contribution in [-0.2, 0) is 4.74 Å². The van der Waals surface area contributed by atoms with Crippen molar-refractivity contribution in [2.45, 2.75) is 43.7 Å². The molecule has 2 fully saturated rings. The average molecular weight is 493 g/mol. The molecule has 186 valence electrons. The number of benzene rings is 3. The largest absolute Gasteiger partial charge is 0.496 e. The average Bonchev–Trinajstić information content (AvgIpc) is 3.41. The SMILES string of the molecule is COc1ccc(C#N)cc1C(=O)C1CC2CCC(C1)N2C(=O)OCC1c2ccccc2-c2ccccc21. The van der Waals surface area contributed by atoms with Gasteiger partial charge < -0.3 is 14.4 Å². The van der Waals surface area contributed by atoms with Crippen LogP contribution in [0.2, 0.25) is 0 Å². The number of ketones is 1. The fourth-order valence-corrected chi connectivity index (χ4v) is 6.55. The number of nitriles is 1. The first-order chi connectivity index (χ1) is 18.1. The number of carbonyl (C=O) groups is 2. The zero-order chi connectivity index (χ0) is 25.5. The van der Waals surface area contributed by atoms with Crippen molar-refractivity contribution in [3.63, 3.8) is 0 Å². The van der Waals surface area contributed by atoms with E-state index in [2.05, 4.69) is 30.3 Å². The minimum Gasteiger partial charge on any atom is -0.496 e. The lowest BCUT2D eigenvalue weighted by Gasteiger charge is -2.38. The summed E-state index contributed by atoms with van der Waals surface area (Å²) in [6, 6.07) is 23.6. The zero-order valence-corrected chi connectivity index (χ0v) is 20.7. The van der Waals surface area contributed by atoms with E-state index >= 15 is 0 Å². The summed E-state index contributed by atoms with van der Waals surface area (Å²) in [5.74, 6) is 0.277. The smallest absolute Gasteiger partial charge is 0.410 e.